The molecule has 1 saturated heterocycles. The molecule has 0 bridgehead atoms. The summed E-state index contributed by atoms with van der Waals surface area (Å²) in [4.78, 5) is 42.2. The number of carbonyl (C=O) groups excluding carboxylic acids is 1. The molecule has 47 heavy (non-hydrogen) atoms. The summed E-state index contributed by atoms with van der Waals surface area (Å²) >= 11 is 6.23. The van der Waals surface area contributed by atoms with Crippen molar-refractivity contribution in [1.82, 2.24) is 24.4 Å². The molecule has 3 aromatic heterocycles. The number of amides is 1. The lowest BCUT2D eigenvalue weighted by Gasteiger charge is -2.40. The number of halogens is 5. The number of rotatable bonds is 6. The van der Waals surface area contributed by atoms with Crippen molar-refractivity contribution in [3.8, 4) is 16.9 Å². The number of fused-ring (bicyclic) bond motifs is 1. The predicted octanol–water partition coefficient (Wildman–Crippen LogP) is 5.40. The monoisotopic (exact) mass is 692 g/mol. The van der Waals surface area contributed by atoms with Crippen LogP contribution in [0.5, 0.6) is 0 Å². The zero-order valence-electron chi connectivity index (χ0n) is 25.6. The maximum atomic E-state index is 16.1. The third kappa shape index (κ3) is 6.21. The zero-order valence-corrected chi connectivity index (χ0v) is 27.2. The van der Waals surface area contributed by atoms with Crippen molar-refractivity contribution < 1.29 is 30.8 Å². The maximum Gasteiger partial charge on any atom is 0.417 e. The molecular formula is C31H29ClF4N6O4S. The molecule has 1 aliphatic heterocycles. The third-order valence-electron chi connectivity index (χ3n) is 7.86. The van der Waals surface area contributed by atoms with Crippen LogP contribution in [0.2, 0.25) is 5.02 Å². The van der Waals surface area contributed by atoms with E-state index >= 15 is 4.39 Å². The molecule has 10 nitrogen and oxygen atoms in total. The normalized spacial score (nSPS) is 15.8. The first-order valence-electron chi connectivity index (χ1n) is 14.3. The van der Waals surface area contributed by atoms with E-state index in [1.54, 1.807) is 25.7 Å². The number of hydrogen-bond acceptors (Lipinski definition) is 8. The lowest BCUT2D eigenvalue weighted by Crippen LogP contribution is -2.54. The summed E-state index contributed by atoms with van der Waals surface area (Å²) in [6, 6.07) is 4.87. The van der Waals surface area contributed by atoms with Crippen LogP contribution in [0.15, 0.2) is 59.0 Å². The average molecular weight is 693 g/mol. The van der Waals surface area contributed by atoms with E-state index in [1.165, 1.54) is 23.2 Å². The van der Waals surface area contributed by atoms with Crippen molar-refractivity contribution in [3.05, 3.63) is 81.6 Å². The van der Waals surface area contributed by atoms with Crippen LogP contribution in [0.3, 0.4) is 0 Å². The fraction of sp³-hybridized carbons (Fsp3) is 0.323. The Hall–Kier alpha value is -4.37. The number of nitrogens with zero attached hydrogens (tertiary/aromatic N) is 6. The van der Waals surface area contributed by atoms with E-state index in [2.05, 4.69) is 21.5 Å². The molecule has 1 aromatic carbocycles. The molecule has 248 valence electrons. The highest BCUT2D eigenvalue weighted by Crippen LogP contribution is 2.42. The number of piperazine rings is 1. The standard InChI is InChI=1S/C31H29ClF4N6O4S/c1-6-23(43)40-12-13-41(17(4)15-40)27-19-14-22(33)25(24-20(31(34,35)36)8-7-9-21(24)32)38-28(19)42(30(44)39-27)26-18(16(2)3)10-11-37-29(26)47(5,45)46/h6-11,14,16-17H,1,12-13,15H2,2-5H3/t17-/m0/s1. The zero-order chi connectivity index (χ0) is 34.6. The van der Waals surface area contributed by atoms with Gasteiger partial charge in [0.05, 0.1) is 21.7 Å². The second-order valence-electron chi connectivity index (χ2n) is 11.4. The van der Waals surface area contributed by atoms with Crippen LogP contribution in [-0.2, 0) is 20.8 Å². The van der Waals surface area contributed by atoms with Crippen LogP contribution in [-0.4, -0.2) is 70.7 Å². The second kappa shape index (κ2) is 12.3. The highest BCUT2D eigenvalue weighted by Gasteiger charge is 2.37. The quantitative estimate of drug-likeness (QED) is 0.195. The van der Waals surface area contributed by atoms with E-state index < -0.39 is 60.4 Å². The molecule has 1 amide bonds. The summed E-state index contributed by atoms with van der Waals surface area (Å²) in [5, 5.41) is -1.06. The first-order valence-corrected chi connectivity index (χ1v) is 16.6. The summed E-state index contributed by atoms with van der Waals surface area (Å²) < 4.78 is 85.5. The number of aromatic nitrogens is 4. The van der Waals surface area contributed by atoms with Gasteiger partial charge in [0.2, 0.25) is 5.91 Å². The van der Waals surface area contributed by atoms with Crippen LogP contribution in [0.25, 0.3) is 28.0 Å². The van der Waals surface area contributed by atoms with Gasteiger partial charge in [-0.1, -0.05) is 38.1 Å². The van der Waals surface area contributed by atoms with E-state index in [4.69, 9.17) is 11.6 Å². The van der Waals surface area contributed by atoms with Gasteiger partial charge in [0.15, 0.2) is 20.5 Å². The molecule has 0 unspecified atom stereocenters. The molecule has 0 N–H and O–H groups in total. The van der Waals surface area contributed by atoms with E-state index in [0.29, 0.717) is 5.56 Å². The van der Waals surface area contributed by atoms with Crippen molar-refractivity contribution in [2.24, 2.45) is 0 Å². The fourth-order valence-corrected chi connectivity index (χ4v) is 6.79. The van der Waals surface area contributed by atoms with Crippen molar-refractivity contribution in [1.29, 1.82) is 0 Å². The highest BCUT2D eigenvalue weighted by atomic mass is 35.5. The smallest absolute Gasteiger partial charge is 0.350 e. The molecule has 4 heterocycles. The fourth-order valence-electron chi connectivity index (χ4n) is 5.71. The van der Waals surface area contributed by atoms with Gasteiger partial charge in [-0.2, -0.15) is 18.2 Å². The minimum atomic E-state index is -4.96. The first kappa shape index (κ1) is 34.0. The molecular weight excluding hydrogens is 664 g/mol. The van der Waals surface area contributed by atoms with E-state index in [9.17, 15) is 31.2 Å². The lowest BCUT2D eigenvalue weighted by atomic mass is 10.0. The minimum absolute atomic E-state index is 0.0523. The first-order chi connectivity index (χ1) is 21.9. The SMILES string of the molecule is C=CC(=O)N1CCN(c2nc(=O)n(-c3c(C(C)C)ccnc3S(C)(=O)=O)c3nc(-c4c(Cl)cccc4C(F)(F)F)c(F)cc23)[C@@H](C)C1. The van der Waals surface area contributed by atoms with Crippen LogP contribution < -0.4 is 10.6 Å². The minimum Gasteiger partial charge on any atom is -0.350 e. The van der Waals surface area contributed by atoms with Gasteiger partial charge in [-0.25, -0.2) is 32.1 Å². The summed E-state index contributed by atoms with van der Waals surface area (Å²) in [7, 11) is -4.11. The summed E-state index contributed by atoms with van der Waals surface area (Å²) in [5.74, 6) is -1.95. The molecule has 1 atom stereocenters. The van der Waals surface area contributed by atoms with Crippen LogP contribution in [0, 0.1) is 5.82 Å². The number of benzene rings is 1. The Morgan fingerprint density at radius 2 is 1.87 bits per heavy atom. The van der Waals surface area contributed by atoms with Crippen LogP contribution in [0.1, 0.15) is 37.8 Å². The van der Waals surface area contributed by atoms with Crippen LogP contribution in [0.4, 0.5) is 23.4 Å². The van der Waals surface area contributed by atoms with Crippen molar-refractivity contribution in [2.75, 3.05) is 30.8 Å². The summed E-state index contributed by atoms with van der Waals surface area (Å²) in [5.41, 5.74) is -4.13. The molecule has 1 aliphatic rings. The Labute approximate surface area is 272 Å². The Morgan fingerprint density at radius 3 is 2.47 bits per heavy atom. The van der Waals surface area contributed by atoms with Gasteiger partial charge >= 0.3 is 11.9 Å². The highest BCUT2D eigenvalue weighted by molar-refractivity contribution is 7.90. The number of alkyl halides is 3. The van der Waals surface area contributed by atoms with Gasteiger partial charge in [0, 0.05) is 43.7 Å². The van der Waals surface area contributed by atoms with Gasteiger partial charge in [0.25, 0.3) is 0 Å². The molecule has 4 aromatic rings. The number of sulfone groups is 1. The molecule has 0 spiro atoms. The van der Waals surface area contributed by atoms with Gasteiger partial charge in [0.1, 0.15) is 17.3 Å². The summed E-state index contributed by atoms with van der Waals surface area (Å²) in [6.45, 7) is 9.27. The Bertz CT molecular complexity index is 2100. The summed E-state index contributed by atoms with van der Waals surface area (Å²) in [6.07, 6.45) is -1.64. The van der Waals surface area contributed by atoms with Gasteiger partial charge in [-0.05, 0) is 48.7 Å². The number of anilines is 1. The van der Waals surface area contributed by atoms with Crippen molar-refractivity contribution in [2.45, 2.75) is 43.9 Å². The topological polar surface area (TPSA) is 118 Å². The van der Waals surface area contributed by atoms with Crippen molar-refractivity contribution >= 4 is 44.2 Å². The van der Waals surface area contributed by atoms with Gasteiger partial charge in [-0.15, -0.1) is 0 Å². The molecule has 0 radical (unpaired) electrons. The Balaban J connectivity index is 1.93. The van der Waals surface area contributed by atoms with Gasteiger partial charge < -0.3 is 9.80 Å². The molecule has 0 aliphatic carbocycles. The number of pyridine rings is 2. The second-order valence-corrected chi connectivity index (χ2v) is 13.8. The largest absolute Gasteiger partial charge is 0.417 e. The van der Waals surface area contributed by atoms with Crippen molar-refractivity contribution in [3.63, 3.8) is 0 Å². The lowest BCUT2D eigenvalue weighted by molar-refractivity contribution is -0.137. The number of carbonyl (C=O) groups is 1. The Kier molecular flexibility index (Phi) is 8.92. The number of hydrogen-bond donors (Lipinski definition) is 0. The average Bonchev–Trinajstić information content (AvgIpc) is 2.99. The molecule has 16 heteroatoms. The molecule has 0 saturated carbocycles. The van der Waals surface area contributed by atoms with E-state index in [1.807, 2.05) is 0 Å². The third-order valence-corrected chi connectivity index (χ3v) is 9.18. The van der Waals surface area contributed by atoms with Crippen LogP contribution >= 0.6 is 11.6 Å². The predicted molar refractivity (Wildman–Crippen MR) is 169 cm³/mol. The molecule has 5 rings (SSSR count). The Morgan fingerprint density at radius 1 is 1.17 bits per heavy atom. The van der Waals surface area contributed by atoms with Gasteiger partial charge in [-0.3, -0.25) is 4.79 Å². The van der Waals surface area contributed by atoms with E-state index in [0.717, 1.165) is 35.1 Å². The maximum absolute atomic E-state index is 16.1. The molecule has 1 fully saturated rings. The van der Waals surface area contributed by atoms with E-state index in [-0.39, 0.29) is 54.0 Å².